The summed E-state index contributed by atoms with van der Waals surface area (Å²) in [7, 11) is 0. The van der Waals surface area contributed by atoms with Gasteiger partial charge in [-0.3, -0.25) is 9.69 Å². The molecule has 136 valence electrons. The van der Waals surface area contributed by atoms with E-state index in [0.717, 1.165) is 38.1 Å². The van der Waals surface area contributed by atoms with Crippen molar-refractivity contribution in [1.82, 2.24) is 10.2 Å². The average Bonchev–Trinajstić information content (AvgIpc) is 3.02. The molecule has 1 unspecified atom stereocenters. The Morgan fingerprint density at radius 1 is 1.28 bits per heavy atom. The van der Waals surface area contributed by atoms with Crippen molar-refractivity contribution in [2.45, 2.75) is 26.3 Å². The number of rotatable bonds is 6. The summed E-state index contributed by atoms with van der Waals surface area (Å²) in [5, 5.41) is 4.50. The third kappa shape index (κ3) is 4.75. The van der Waals surface area contributed by atoms with E-state index in [1.165, 1.54) is 0 Å². The van der Waals surface area contributed by atoms with Crippen molar-refractivity contribution in [3.8, 4) is 0 Å². The monoisotopic (exact) mass is 364 g/mol. The van der Waals surface area contributed by atoms with E-state index in [1.807, 2.05) is 0 Å². The van der Waals surface area contributed by atoms with Gasteiger partial charge in [-0.1, -0.05) is 25.4 Å². The molecule has 5 nitrogen and oxygen atoms in total. The third-order valence-corrected chi connectivity index (χ3v) is 4.74. The van der Waals surface area contributed by atoms with E-state index in [4.69, 9.17) is 20.8 Å². The van der Waals surface area contributed by atoms with E-state index in [9.17, 15) is 4.79 Å². The highest BCUT2D eigenvalue weighted by atomic mass is 35.5. The van der Waals surface area contributed by atoms with Crippen LogP contribution in [0.2, 0.25) is 5.02 Å². The Hall–Kier alpha value is -1.56. The molecule has 0 spiro atoms. The molecule has 1 atom stereocenters. The van der Waals surface area contributed by atoms with Gasteiger partial charge in [-0.25, -0.2) is 0 Å². The van der Waals surface area contributed by atoms with Crippen molar-refractivity contribution in [1.29, 1.82) is 0 Å². The molecule has 0 radical (unpaired) electrons. The van der Waals surface area contributed by atoms with Crippen LogP contribution in [0.1, 0.15) is 30.8 Å². The molecule has 2 heterocycles. The van der Waals surface area contributed by atoms with Gasteiger partial charge < -0.3 is 14.5 Å². The number of morpholine rings is 1. The normalized spacial score (nSPS) is 17.1. The van der Waals surface area contributed by atoms with Crippen molar-refractivity contribution in [3.05, 3.63) is 35.0 Å². The van der Waals surface area contributed by atoms with Crippen LogP contribution in [0.3, 0.4) is 0 Å². The van der Waals surface area contributed by atoms with E-state index in [0.29, 0.717) is 34.9 Å². The molecule has 1 amide bonds. The van der Waals surface area contributed by atoms with E-state index in [-0.39, 0.29) is 5.91 Å². The molecule has 1 aromatic heterocycles. The molecule has 1 aromatic carbocycles. The summed E-state index contributed by atoms with van der Waals surface area (Å²) in [6.07, 6.45) is 1.04. The van der Waals surface area contributed by atoms with Crippen molar-refractivity contribution < 1.29 is 13.9 Å². The number of halogens is 1. The SMILES string of the molecule is CC(C)CC(CNC(=O)c1cc2cc(Cl)ccc2o1)N1CCOCC1. The molecule has 25 heavy (non-hydrogen) atoms. The zero-order valence-electron chi connectivity index (χ0n) is 14.8. The Morgan fingerprint density at radius 3 is 2.76 bits per heavy atom. The second-order valence-corrected chi connectivity index (χ2v) is 7.37. The van der Waals surface area contributed by atoms with Gasteiger partial charge in [-0.15, -0.1) is 0 Å². The first-order valence-corrected chi connectivity index (χ1v) is 9.20. The van der Waals surface area contributed by atoms with Crippen LogP contribution in [-0.4, -0.2) is 49.7 Å². The topological polar surface area (TPSA) is 54.7 Å². The number of ether oxygens (including phenoxy) is 1. The molecule has 3 rings (SSSR count). The van der Waals surface area contributed by atoms with Gasteiger partial charge in [0.25, 0.3) is 5.91 Å². The largest absolute Gasteiger partial charge is 0.451 e. The Kier molecular flexibility index (Phi) is 5.99. The minimum atomic E-state index is -0.186. The Balaban J connectivity index is 1.64. The summed E-state index contributed by atoms with van der Waals surface area (Å²) >= 11 is 5.99. The van der Waals surface area contributed by atoms with Crippen LogP contribution in [0.25, 0.3) is 11.0 Å². The lowest BCUT2D eigenvalue weighted by molar-refractivity contribution is 0.0124. The minimum absolute atomic E-state index is 0.186. The Labute approximate surface area is 153 Å². The Morgan fingerprint density at radius 2 is 2.04 bits per heavy atom. The number of nitrogens with one attached hydrogen (secondary N) is 1. The Bertz CT molecular complexity index is 723. The highest BCUT2D eigenvalue weighted by Gasteiger charge is 2.23. The zero-order valence-corrected chi connectivity index (χ0v) is 15.5. The first-order chi connectivity index (χ1) is 12.0. The van der Waals surface area contributed by atoms with Crippen molar-refractivity contribution in [3.63, 3.8) is 0 Å². The highest BCUT2D eigenvalue weighted by Crippen LogP contribution is 2.23. The van der Waals surface area contributed by atoms with Gasteiger partial charge in [0.1, 0.15) is 5.58 Å². The lowest BCUT2D eigenvalue weighted by Crippen LogP contribution is -2.49. The number of hydrogen-bond acceptors (Lipinski definition) is 4. The number of benzene rings is 1. The van der Waals surface area contributed by atoms with Gasteiger partial charge in [0.05, 0.1) is 13.2 Å². The maximum atomic E-state index is 12.5. The molecule has 1 aliphatic heterocycles. The molecule has 1 fully saturated rings. The second kappa shape index (κ2) is 8.21. The summed E-state index contributed by atoms with van der Waals surface area (Å²) in [6, 6.07) is 7.39. The number of carbonyl (C=O) groups excluding carboxylic acids is 1. The molecule has 2 aromatic rings. The number of fused-ring (bicyclic) bond motifs is 1. The van der Waals surface area contributed by atoms with Gasteiger partial charge in [0.15, 0.2) is 5.76 Å². The van der Waals surface area contributed by atoms with Gasteiger partial charge in [0, 0.05) is 36.1 Å². The van der Waals surface area contributed by atoms with Gasteiger partial charge in [-0.2, -0.15) is 0 Å². The number of amides is 1. The van der Waals surface area contributed by atoms with Gasteiger partial charge in [-0.05, 0) is 36.6 Å². The summed E-state index contributed by atoms with van der Waals surface area (Å²) in [5.74, 6) is 0.704. The number of hydrogen-bond donors (Lipinski definition) is 1. The molecule has 6 heteroatoms. The van der Waals surface area contributed by atoms with Gasteiger partial charge >= 0.3 is 0 Å². The smallest absolute Gasteiger partial charge is 0.287 e. The third-order valence-electron chi connectivity index (χ3n) is 4.51. The number of carbonyl (C=O) groups is 1. The molecular formula is C19H25ClN2O3. The molecule has 0 saturated carbocycles. The van der Waals surface area contributed by atoms with Crippen molar-refractivity contribution in [2.75, 3.05) is 32.8 Å². The first kappa shape index (κ1) is 18.2. The maximum Gasteiger partial charge on any atom is 0.287 e. The van der Waals surface area contributed by atoms with Crippen LogP contribution in [0.5, 0.6) is 0 Å². The fourth-order valence-electron chi connectivity index (χ4n) is 3.27. The predicted molar refractivity (Wildman–Crippen MR) is 99.2 cm³/mol. The van der Waals surface area contributed by atoms with E-state index < -0.39 is 0 Å². The quantitative estimate of drug-likeness (QED) is 0.851. The molecule has 1 saturated heterocycles. The van der Waals surface area contributed by atoms with Crippen LogP contribution >= 0.6 is 11.6 Å². The van der Waals surface area contributed by atoms with Crippen LogP contribution in [0.4, 0.5) is 0 Å². The lowest BCUT2D eigenvalue weighted by Gasteiger charge is -2.35. The van der Waals surface area contributed by atoms with Crippen molar-refractivity contribution >= 4 is 28.5 Å². The van der Waals surface area contributed by atoms with Gasteiger partial charge in [0.2, 0.25) is 0 Å². The summed E-state index contributed by atoms with van der Waals surface area (Å²) < 4.78 is 11.1. The van der Waals surface area contributed by atoms with Crippen LogP contribution < -0.4 is 5.32 Å². The first-order valence-electron chi connectivity index (χ1n) is 8.82. The van der Waals surface area contributed by atoms with Crippen LogP contribution in [-0.2, 0) is 4.74 Å². The maximum absolute atomic E-state index is 12.5. The predicted octanol–water partition coefficient (Wildman–Crippen LogP) is 3.56. The van der Waals surface area contributed by atoms with E-state index >= 15 is 0 Å². The molecule has 0 bridgehead atoms. The number of nitrogens with zero attached hydrogens (tertiary/aromatic N) is 1. The zero-order chi connectivity index (χ0) is 17.8. The van der Waals surface area contributed by atoms with E-state index in [2.05, 4.69) is 24.1 Å². The fourth-order valence-corrected chi connectivity index (χ4v) is 3.45. The molecular weight excluding hydrogens is 340 g/mol. The highest BCUT2D eigenvalue weighted by molar-refractivity contribution is 6.31. The lowest BCUT2D eigenvalue weighted by atomic mass is 10.0. The summed E-state index contributed by atoms with van der Waals surface area (Å²) in [5.41, 5.74) is 0.668. The van der Waals surface area contributed by atoms with Crippen LogP contribution in [0, 0.1) is 5.92 Å². The summed E-state index contributed by atoms with van der Waals surface area (Å²) in [6.45, 7) is 8.36. The number of furan rings is 1. The molecule has 1 aliphatic rings. The summed E-state index contributed by atoms with van der Waals surface area (Å²) in [4.78, 5) is 14.9. The van der Waals surface area contributed by atoms with Crippen LogP contribution in [0.15, 0.2) is 28.7 Å². The van der Waals surface area contributed by atoms with E-state index in [1.54, 1.807) is 24.3 Å². The fraction of sp³-hybridized carbons (Fsp3) is 0.526. The second-order valence-electron chi connectivity index (χ2n) is 6.93. The van der Waals surface area contributed by atoms with Crippen molar-refractivity contribution in [2.24, 2.45) is 5.92 Å². The molecule has 1 N–H and O–H groups in total. The standard InChI is InChI=1S/C19H25ClN2O3/c1-13(2)9-16(22-5-7-24-8-6-22)12-21-19(23)18-11-14-10-15(20)3-4-17(14)25-18/h3-4,10-11,13,16H,5-9,12H2,1-2H3,(H,21,23). The average molecular weight is 365 g/mol. The minimum Gasteiger partial charge on any atom is -0.451 e. The molecule has 0 aliphatic carbocycles.